The lowest BCUT2D eigenvalue weighted by Crippen LogP contribution is -2.49. The van der Waals surface area contributed by atoms with E-state index in [0.29, 0.717) is 0 Å². The fraction of sp³-hybridized carbons (Fsp3) is 1.00. The van der Waals surface area contributed by atoms with Crippen molar-refractivity contribution in [3.05, 3.63) is 0 Å². The average molecular weight is 211 g/mol. The Morgan fingerprint density at radius 1 is 1.20 bits per heavy atom. The Kier molecular flexibility index (Phi) is 3.36. The van der Waals surface area contributed by atoms with Gasteiger partial charge in [-0.2, -0.15) is 0 Å². The summed E-state index contributed by atoms with van der Waals surface area (Å²) in [6.45, 7) is 3.19. The van der Waals surface area contributed by atoms with Gasteiger partial charge in [0.1, 0.15) is 0 Å². The summed E-state index contributed by atoms with van der Waals surface area (Å²) in [5, 5.41) is 10.5. The van der Waals surface area contributed by atoms with Crippen LogP contribution in [0, 0.1) is 5.92 Å². The van der Waals surface area contributed by atoms with Gasteiger partial charge in [-0.1, -0.05) is 13.3 Å². The van der Waals surface area contributed by atoms with Crippen LogP contribution >= 0.6 is 0 Å². The van der Waals surface area contributed by atoms with Gasteiger partial charge in [0.05, 0.1) is 5.60 Å². The van der Waals surface area contributed by atoms with Crippen molar-refractivity contribution in [2.75, 3.05) is 13.6 Å². The molecule has 0 aromatic carbocycles. The highest BCUT2D eigenvalue weighted by Crippen LogP contribution is 2.34. The molecule has 0 spiro atoms. The Balaban J connectivity index is 1.81. The molecule has 0 aliphatic heterocycles. The van der Waals surface area contributed by atoms with Crippen molar-refractivity contribution in [3.8, 4) is 0 Å². The van der Waals surface area contributed by atoms with E-state index in [-0.39, 0.29) is 5.60 Å². The van der Waals surface area contributed by atoms with Crippen LogP contribution in [0.15, 0.2) is 0 Å². The smallest absolute Gasteiger partial charge is 0.0774 e. The minimum atomic E-state index is -0.378. The Labute approximate surface area is 93.7 Å². The average Bonchev–Trinajstić information content (AvgIpc) is 2.07. The quantitative estimate of drug-likeness (QED) is 0.775. The molecule has 2 nitrogen and oxygen atoms in total. The van der Waals surface area contributed by atoms with E-state index in [1.165, 1.54) is 32.1 Å². The third-order valence-electron chi connectivity index (χ3n) is 4.45. The molecule has 2 aliphatic carbocycles. The molecular formula is C13H25NO. The van der Waals surface area contributed by atoms with Crippen LogP contribution in [-0.2, 0) is 0 Å². The summed E-state index contributed by atoms with van der Waals surface area (Å²) >= 11 is 0. The van der Waals surface area contributed by atoms with Crippen molar-refractivity contribution < 1.29 is 5.11 Å². The maximum Gasteiger partial charge on any atom is 0.0774 e. The molecule has 2 fully saturated rings. The van der Waals surface area contributed by atoms with Gasteiger partial charge in [0.2, 0.25) is 0 Å². The fourth-order valence-electron chi connectivity index (χ4n) is 2.88. The van der Waals surface area contributed by atoms with E-state index in [4.69, 9.17) is 0 Å². The Bertz CT molecular complexity index is 205. The first-order valence-electron chi connectivity index (χ1n) is 6.52. The number of hydrogen-bond donors (Lipinski definition) is 1. The van der Waals surface area contributed by atoms with Gasteiger partial charge in [-0.15, -0.1) is 0 Å². The van der Waals surface area contributed by atoms with Gasteiger partial charge in [-0.3, -0.25) is 0 Å². The predicted octanol–water partition coefficient (Wildman–Crippen LogP) is 2.41. The minimum absolute atomic E-state index is 0.378. The van der Waals surface area contributed by atoms with Gasteiger partial charge in [-0.25, -0.2) is 0 Å². The third-order valence-corrected chi connectivity index (χ3v) is 4.45. The van der Waals surface area contributed by atoms with Gasteiger partial charge >= 0.3 is 0 Å². The SMILES string of the molecule is CC1CCC(O)(CN(C)C2CCC2)CC1. The first-order valence-corrected chi connectivity index (χ1v) is 6.52. The number of rotatable bonds is 3. The maximum absolute atomic E-state index is 10.5. The van der Waals surface area contributed by atoms with Crippen molar-refractivity contribution in [3.63, 3.8) is 0 Å². The summed E-state index contributed by atoms with van der Waals surface area (Å²) in [7, 11) is 2.18. The van der Waals surface area contributed by atoms with E-state index in [9.17, 15) is 5.11 Å². The molecule has 2 aliphatic rings. The van der Waals surface area contributed by atoms with E-state index in [1.807, 2.05) is 0 Å². The summed E-state index contributed by atoms with van der Waals surface area (Å²) in [6.07, 6.45) is 8.47. The third kappa shape index (κ3) is 2.73. The normalized spacial score (nSPS) is 38.0. The Morgan fingerprint density at radius 2 is 1.80 bits per heavy atom. The first kappa shape index (κ1) is 11.4. The van der Waals surface area contributed by atoms with Gasteiger partial charge < -0.3 is 10.0 Å². The molecule has 0 atom stereocenters. The summed E-state index contributed by atoms with van der Waals surface area (Å²) in [5.41, 5.74) is -0.378. The fourth-order valence-corrected chi connectivity index (χ4v) is 2.88. The second kappa shape index (κ2) is 4.42. The summed E-state index contributed by atoms with van der Waals surface area (Å²) < 4.78 is 0. The minimum Gasteiger partial charge on any atom is -0.389 e. The van der Waals surface area contributed by atoms with Gasteiger partial charge in [0.15, 0.2) is 0 Å². The molecule has 0 saturated heterocycles. The molecule has 0 unspecified atom stereocenters. The number of nitrogens with zero attached hydrogens (tertiary/aromatic N) is 1. The largest absolute Gasteiger partial charge is 0.389 e. The van der Waals surface area contributed by atoms with Crippen LogP contribution in [-0.4, -0.2) is 35.2 Å². The highest BCUT2D eigenvalue weighted by molar-refractivity contribution is 4.89. The zero-order valence-corrected chi connectivity index (χ0v) is 10.2. The van der Waals surface area contributed by atoms with E-state index in [1.54, 1.807) is 0 Å². The van der Waals surface area contributed by atoms with Crippen molar-refractivity contribution in [1.82, 2.24) is 4.90 Å². The lowest BCUT2D eigenvalue weighted by molar-refractivity contribution is -0.0444. The van der Waals surface area contributed by atoms with Crippen molar-refractivity contribution in [2.45, 2.75) is 63.5 Å². The molecule has 1 N–H and O–H groups in total. The summed E-state index contributed by atoms with van der Waals surface area (Å²) in [6, 6.07) is 0.758. The molecule has 2 heteroatoms. The number of aliphatic hydroxyl groups is 1. The molecule has 2 rings (SSSR count). The first-order chi connectivity index (χ1) is 7.09. The molecule has 88 valence electrons. The second-order valence-electron chi connectivity index (χ2n) is 5.91. The van der Waals surface area contributed by atoms with Crippen LogP contribution in [0.3, 0.4) is 0 Å². The van der Waals surface area contributed by atoms with E-state index in [0.717, 1.165) is 31.3 Å². The summed E-state index contributed by atoms with van der Waals surface area (Å²) in [5.74, 6) is 0.819. The van der Waals surface area contributed by atoms with Crippen LogP contribution in [0.25, 0.3) is 0 Å². The van der Waals surface area contributed by atoms with E-state index < -0.39 is 0 Å². The predicted molar refractivity (Wildman–Crippen MR) is 62.9 cm³/mol. The van der Waals surface area contributed by atoms with Crippen LogP contribution < -0.4 is 0 Å². The molecule has 15 heavy (non-hydrogen) atoms. The van der Waals surface area contributed by atoms with Gasteiger partial charge in [-0.05, 0) is 51.5 Å². The van der Waals surface area contributed by atoms with Crippen molar-refractivity contribution in [2.24, 2.45) is 5.92 Å². The van der Waals surface area contributed by atoms with Crippen LogP contribution in [0.2, 0.25) is 0 Å². The maximum atomic E-state index is 10.5. The van der Waals surface area contributed by atoms with Gasteiger partial charge in [0.25, 0.3) is 0 Å². The lowest BCUT2D eigenvalue weighted by Gasteiger charge is -2.42. The Hall–Kier alpha value is -0.0800. The molecule has 2 saturated carbocycles. The van der Waals surface area contributed by atoms with E-state index in [2.05, 4.69) is 18.9 Å². The molecule has 0 bridgehead atoms. The number of likely N-dealkylation sites (N-methyl/N-ethyl adjacent to an activating group) is 1. The topological polar surface area (TPSA) is 23.5 Å². The standard InChI is InChI=1S/C13H25NO/c1-11-6-8-13(15,9-7-11)10-14(2)12-4-3-5-12/h11-12,15H,3-10H2,1-2H3. The molecule has 0 radical (unpaired) electrons. The Morgan fingerprint density at radius 3 is 2.27 bits per heavy atom. The number of hydrogen-bond acceptors (Lipinski definition) is 2. The van der Waals surface area contributed by atoms with Crippen LogP contribution in [0.1, 0.15) is 51.9 Å². The molecular weight excluding hydrogens is 186 g/mol. The molecule has 0 amide bonds. The molecule has 0 aromatic heterocycles. The van der Waals surface area contributed by atoms with Crippen molar-refractivity contribution in [1.29, 1.82) is 0 Å². The van der Waals surface area contributed by atoms with Crippen LogP contribution in [0.5, 0.6) is 0 Å². The summed E-state index contributed by atoms with van der Waals surface area (Å²) in [4.78, 5) is 2.39. The zero-order valence-electron chi connectivity index (χ0n) is 10.2. The van der Waals surface area contributed by atoms with Crippen molar-refractivity contribution >= 4 is 0 Å². The molecule has 0 heterocycles. The van der Waals surface area contributed by atoms with E-state index >= 15 is 0 Å². The monoisotopic (exact) mass is 211 g/mol. The molecule has 0 aromatic rings. The van der Waals surface area contributed by atoms with Crippen LogP contribution in [0.4, 0.5) is 0 Å². The lowest BCUT2D eigenvalue weighted by atomic mass is 9.78. The second-order valence-corrected chi connectivity index (χ2v) is 5.91. The zero-order chi connectivity index (χ0) is 10.9. The van der Waals surface area contributed by atoms with Gasteiger partial charge in [0, 0.05) is 12.6 Å². The highest BCUT2D eigenvalue weighted by Gasteiger charge is 2.35. The highest BCUT2D eigenvalue weighted by atomic mass is 16.3.